The number of benzene rings is 1. The average Bonchev–Trinajstić information content (AvgIpc) is 3.63. The molecule has 17 heteroatoms. The number of aromatic nitrogens is 3. The Bertz CT molecular complexity index is 2440. The third kappa shape index (κ3) is 8.24. The largest absolute Gasteiger partial charge is 0.464 e. The number of nitrogens with one attached hydrogen (secondary N) is 2. The molecule has 9 rings (SSSR count). The van der Waals surface area contributed by atoms with Gasteiger partial charge in [0.25, 0.3) is 5.91 Å². The molecule has 7 heterocycles. The Morgan fingerprint density at radius 1 is 1.12 bits per heavy atom. The van der Waals surface area contributed by atoms with Gasteiger partial charge in [-0.15, -0.1) is 11.3 Å². The second-order valence-corrected chi connectivity index (χ2v) is 20.6. The summed E-state index contributed by atoms with van der Waals surface area (Å²) in [6.07, 6.45) is -0.189. The predicted octanol–water partition coefficient (Wildman–Crippen LogP) is 6.93. The van der Waals surface area contributed by atoms with E-state index in [2.05, 4.69) is 32.6 Å². The van der Waals surface area contributed by atoms with E-state index in [0.29, 0.717) is 82.2 Å². The topological polar surface area (TPSA) is 134 Å². The molecule has 0 radical (unpaired) electrons. The smallest absolute Gasteiger partial charge is 0.406 e. The molecule has 7 atom stereocenters. The standard InChI is InChI=1S/C47H59F3N8O5S/c1-26-27(2)36(26)41(59)53-38-40(56-22-46(23-56)15-10-17-55(46)6)42-52-34(21-64-42)29-13-14-35-31(19-29)32(20-45(4,5)25-63-44(61)33-12-9-18-58(54-33)43(38)60)39(57(35)24-47(48,49)50)30-11-8-16-51-37(30)28(3)62-7/h8,11,13-14,16,19,21,26-28,33,36,38,40,54H,9-10,12,15,17-18,20,22-25H2,1-7H3,(H,53,59)/t26-,27+,28-,33-,36?,38-,40-/m0/s1. The molecule has 64 heavy (non-hydrogen) atoms. The van der Waals surface area contributed by atoms with Crippen molar-refractivity contribution in [1.29, 1.82) is 0 Å². The zero-order valence-corrected chi connectivity index (χ0v) is 38.4. The van der Waals surface area contributed by atoms with Crippen molar-refractivity contribution in [2.24, 2.45) is 23.2 Å². The second-order valence-electron chi connectivity index (χ2n) is 19.7. The first-order valence-electron chi connectivity index (χ1n) is 22.5. The van der Waals surface area contributed by atoms with E-state index in [1.165, 1.54) is 20.9 Å². The summed E-state index contributed by atoms with van der Waals surface area (Å²) in [5.74, 6) is -0.941. The maximum atomic E-state index is 15.1. The molecule has 344 valence electrons. The number of nitrogens with zero attached hydrogens (tertiary/aromatic N) is 6. The van der Waals surface area contributed by atoms with Gasteiger partial charge >= 0.3 is 12.1 Å². The van der Waals surface area contributed by atoms with Crippen molar-refractivity contribution < 1.29 is 37.0 Å². The van der Waals surface area contributed by atoms with Crippen molar-refractivity contribution in [2.45, 2.75) is 109 Å². The number of likely N-dealkylation sites (tertiary alicyclic amines) is 2. The number of carbonyl (C=O) groups is 3. The van der Waals surface area contributed by atoms with Crippen LogP contribution in [0.2, 0.25) is 0 Å². The molecule has 4 aliphatic heterocycles. The van der Waals surface area contributed by atoms with Crippen LogP contribution < -0.4 is 10.7 Å². The number of rotatable bonds is 7. The van der Waals surface area contributed by atoms with Crippen molar-refractivity contribution in [3.63, 3.8) is 0 Å². The number of likely N-dealkylation sites (N-methyl/N-ethyl adjacent to an activating group) is 1. The Kier molecular flexibility index (Phi) is 11.7. The van der Waals surface area contributed by atoms with Gasteiger partial charge in [0.05, 0.1) is 35.8 Å². The highest BCUT2D eigenvalue weighted by Gasteiger charge is 2.55. The van der Waals surface area contributed by atoms with Crippen molar-refractivity contribution in [3.05, 3.63) is 58.2 Å². The Labute approximate surface area is 376 Å². The van der Waals surface area contributed by atoms with Crippen molar-refractivity contribution in [3.8, 4) is 22.5 Å². The summed E-state index contributed by atoms with van der Waals surface area (Å²) < 4.78 is 57.3. The number of esters is 1. The number of amides is 2. The van der Waals surface area contributed by atoms with Crippen molar-refractivity contribution in [1.82, 2.24) is 40.1 Å². The molecule has 2 amide bonds. The van der Waals surface area contributed by atoms with Gasteiger partial charge in [-0.1, -0.05) is 33.8 Å². The number of cyclic esters (lactones) is 1. The number of methoxy groups -OCH3 is 1. The Morgan fingerprint density at radius 3 is 2.58 bits per heavy atom. The lowest BCUT2D eigenvalue weighted by molar-refractivity contribution is -0.157. The molecule has 13 nitrogen and oxygen atoms in total. The molecule has 4 aromatic rings. The quantitative estimate of drug-likeness (QED) is 0.188. The number of pyridine rings is 1. The first-order valence-corrected chi connectivity index (χ1v) is 23.4. The highest BCUT2D eigenvalue weighted by Crippen LogP contribution is 2.48. The normalized spacial score (nSPS) is 27.9. The van der Waals surface area contributed by atoms with Crippen LogP contribution >= 0.6 is 11.3 Å². The van der Waals surface area contributed by atoms with Crippen LogP contribution in [0.4, 0.5) is 13.2 Å². The van der Waals surface area contributed by atoms with Gasteiger partial charge in [0.15, 0.2) is 0 Å². The van der Waals surface area contributed by atoms with Crippen molar-refractivity contribution >= 4 is 40.0 Å². The second kappa shape index (κ2) is 16.8. The fraction of sp³-hybridized carbons (Fsp3) is 0.596. The lowest BCUT2D eigenvalue weighted by atomic mass is 9.84. The number of fused-ring (bicyclic) bond motifs is 6. The summed E-state index contributed by atoms with van der Waals surface area (Å²) in [5.41, 5.74) is 6.09. The lowest BCUT2D eigenvalue weighted by Gasteiger charge is -2.55. The minimum atomic E-state index is -4.56. The van der Waals surface area contributed by atoms with Gasteiger partial charge in [-0.3, -0.25) is 34.2 Å². The number of halogens is 3. The molecule has 1 saturated carbocycles. The van der Waals surface area contributed by atoms with Gasteiger partial charge in [-0.25, -0.2) is 10.4 Å². The zero-order valence-electron chi connectivity index (χ0n) is 37.6. The van der Waals surface area contributed by atoms with E-state index in [1.54, 1.807) is 37.6 Å². The molecule has 1 unspecified atom stereocenters. The van der Waals surface area contributed by atoms with Crippen LogP contribution in [0.15, 0.2) is 41.9 Å². The first kappa shape index (κ1) is 44.8. The van der Waals surface area contributed by atoms with Gasteiger partial charge in [-0.05, 0) is 94.3 Å². The number of ether oxygens (including phenoxy) is 2. The maximum absolute atomic E-state index is 15.1. The van der Waals surface area contributed by atoms with Crippen molar-refractivity contribution in [2.75, 3.05) is 46.9 Å². The third-order valence-electron chi connectivity index (χ3n) is 14.7. The van der Waals surface area contributed by atoms with E-state index < -0.39 is 48.3 Å². The van der Waals surface area contributed by atoms with E-state index >= 15 is 4.79 Å². The SMILES string of the molecule is CO[C@@H](C)c1ncccc1-c1c2c3cc(ccc3n1CC(F)(F)F)-c1csc(n1)[C@@H](N1CC3(CCCN3C)C1)[C@H](NC(=O)C1[C@@H](C)[C@H]1C)C(=O)N1CCC[C@H](N1)C(=O)OCC(C)(C)C2. The van der Waals surface area contributed by atoms with E-state index in [0.717, 1.165) is 19.4 Å². The molecule has 1 aliphatic carbocycles. The van der Waals surface area contributed by atoms with Crippen LogP contribution in [-0.2, 0) is 36.8 Å². The van der Waals surface area contributed by atoms with Gasteiger partial charge in [0.2, 0.25) is 5.91 Å². The molecular formula is C47H59F3N8O5S. The molecule has 6 bridgehead atoms. The summed E-state index contributed by atoms with van der Waals surface area (Å²) >= 11 is 1.40. The summed E-state index contributed by atoms with van der Waals surface area (Å²) in [6, 6.07) is 6.42. The molecular weight excluding hydrogens is 846 g/mol. The van der Waals surface area contributed by atoms with E-state index in [9.17, 15) is 22.8 Å². The number of hydrogen-bond donors (Lipinski definition) is 2. The Balaban J connectivity index is 1.23. The first-order chi connectivity index (χ1) is 30.4. The minimum Gasteiger partial charge on any atom is -0.464 e. The molecule has 4 fully saturated rings. The monoisotopic (exact) mass is 904 g/mol. The highest BCUT2D eigenvalue weighted by molar-refractivity contribution is 7.10. The predicted molar refractivity (Wildman–Crippen MR) is 237 cm³/mol. The van der Waals surface area contributed by atoms with Gasteiger partial charge < -0.3 is 19.4 Å². The minimum absolute atomic E-state index is 0.0451. The number of thiazole rings is 1. The zero-order chi connectivity index (χ0) is 45.5. The molecule has 1 spiro atoms. The molecule has 3 saturated heterocycles. The van der Waals surface area contributed by atoms with E-state index in [1.807, 2.05) is 46.1 Å². The molecule has 2 N–H and O–H groups in total. The summed E-state index contributed by atoms with van der Waals surface area (Å²) in [6.45, 7) is 11.1. The number of hydrogen-bond acceptors (Lipinski definition) is 11. The fourth-order valence-electron chi connectivity index (χ4n) is 10.8. The Morgan fingerprint density at radius 2 is 1.89 bits per heavy atom. The van der Waals surface area contributed by atoms with Crippen LogP contribution in [-0.4, -0.2) is 118 Å². The van der Waals surface area contributed by atoms with Gasteiger partial charge in [0.1, 0.15) is 23.6 Å². The summed E-state index contributed by atoms with van der Waals surface area (Å²) in [7, 11) is 3.68. The Hall–Kier alpha value is -4.42. The third-order valence-corrected chi connectivity index (χ3v) is 15.7. The number of alkyl halides is 3. The highest BCUT2D eigenvalue weighted by atomic mass is 32.1. The maximum Gasteiger partial charge on any atom is 0.406 e. The van der Waals surface area contributed by atoms with Crippen LogP contribution in [0.1, 0.15) is 88.7 Å². The number of carbonyl (C=O) groups excluding carboxylic acids is 3. The molecule has 3 aromatic heterocycles. The van der Waals surface area contributed by atoms with E-state index in [-0.39, 0.29) is 48.1 Å². The van der Waals surface area contributed by atoms with Crippen LogP contribution in [0.25, 0.3) is 33.4 Å². The van der Waals surface area contributed by atoms with Gasteiger partial charge in [0, 0.05) is 77.2 Å². The number of hydrazine groups is 1. The molecule has 5 aliphatic rings. The summed E-state index contributed by atoms with van der Waals surface area (Å²) in [5, 5.41) is 7.88. The fourth-order valence-corrected chi connectivity index (χ4v) is 11.8. The lowest BCUT2D eigenvalue weighted by Crippen LogP contribution is -2.70. The van der Waals surface area contributed by atoms with Crippen LogP contribution in [0.5, 0.6) is 0 Å². The van der Waals surface area contributed by atoms with Gasteiger partial charge in [-0.2, -0.15) is 13.2 Å². The molecule has 1 aromatic carbocycles. The van der Waals surface area contributed by atoms with Crippen LogP contribution in [0, 0.1) is 23.2 Å². The summed E-state index contributed by atoms with van der Waals surface area (Å²) in [4.78, 5) is 57.7. The van der Waals surface area contributed by atoms with Crippen LogP contribution in [0.3, 0.4) is 0 Å². The average molecular weight is 905 g/mol. The van der Waals surface area contributed by atoms with E-state index in [4.69, 9.17) is 14.5 Å².